The summed E-state index contributed by atoms with van der Waals surface area (Å²) in [5.74, 6) is 0.537. The molecule has 0 radical (unpaired) electrons. The molecule has 0 aliphatic heterocycles. The molecule has 1 amide bonds. The number of hydrogen-bond acceptors (Lipinski definition) is 2. The Labute approximate surface area is 160 Å². The summed E-state index contributed by atoms with van der Waals surface area (Å²) in [6.45, 7) is 7.72. The zero-order chi connectivity index (χ0) is 19.0. The predicted octanol–water partition coefficient (Wildman–Crippen LogP) is 4.77. The second kappa shape index (κ2) is 7.18. The highest BCUT2D eigenvalue weighted by atomic mass is 16.2. The highest BCUT2D eigenvalue weighted by molar-refractivity contribution is 5.81. The summed E-state index contributed by atoms with van der Waals surface area (Å²) in [5.41, 5.74) is 6.53. The van der Waals surface area contributed by atoms with E-state index in [-0.39, 0.29) is 5.92 Å². The lowest BCUT2D eigenvalue weighted by atomic mass is 10.1. The molecule has 3 aromatic rings. The Morgan fingerprint density at radius 3 is 2.48 bits per heavy atom. The van der Waals surface area contributed by atoms with Crippen LogP contribution in [-0.4, -0.2) is 26.7 Å². The lowest BCUT2D eigenvalue weighted by Crippen LogP contribution is -2.33. The van der Waals surface area contributed by atoms with E-state index in [2.05, 4.69) is 67.8 Å². The average Bonchev–Trinajstić information content (AvgIpc) is 3.45. The Bertz CT molecular complexity index is 967. The van der Waals surface area contributed by atoms with E-state index in [9.17, 15) is 4.79 Å². The number of amides is 1. The van der Waals surface area contributed by atoms with E-state index in [0.29, 0.717) is 12.5 Å². The van der Waals surface area contributed by atoms with Crippen molar-refractivity contribution in [1.82, 2.24) is 14.3 Å². The molecule has 1 fully saturated rings. The summed E-state index contributed by atoms with van der Waals surface area (Å²) >= 11 is 0. The van der Waals surface area contributed by atoms with Gasteiger partial charge in [0.2, 0.25) is 5.91 Å². The molecule has 0 N–H and O–H groups in total. The van der Waals surface area contributed by atoms with Crippen molar-refractivity contribution >= 4 is 11.6 Å². The monoisotopic (exact) mass is 361 g/mol. The summed E-state index contributed by atoms with van der Waals surface area (Å²) in [6, 6.07) is 12.6. The maximum atomic E-state index is 12.8. The van der Waals surface area contributed by atoms with Gasteiger partial charge in [-0.15, -0.1) is 0 Å². The van der Waals surface area contributed by atoms with Crippen LogP contribution < -0.4 is 0 Å². The molecule has 1 aromatic carbocycles. The number of pyridine rings is 1. The van der Waals surface area contributed by atoms with Gasteiger partial charge in [-0.2, -0.15) is 0 Å². The van der Waals surface area contributed by atoms with Gasteiger partial charge in [-0.25, -0.2) is 4.98 Å². The molecule has 1 aliphatic carbocycles. The van der Waals surface area contributed by atoms with Crippen molar-refractivity contribution in [2.24, 2.45) is 5.92 Å². The molecule has 0 unspecified atom stereocenters. The number of imidazole rings is 1. The lowest BCUT2D eigenvalue weighted by molar-refractivity contribution is -0.133. The summed E-state index contributed by atoms with van der Waals surface area (Å²) in [4.78, 5) is 19.8. The number of hydrogen-bond donors (Lipinski definition) is 0. The number of aromatic nitrogens is 2. The van der Waals surface area contributed by atoms with Crippen LogP contribution in [0, 0.1) is 19.8 Å². The minimum atomic E-state index is 0.236. The molecule has 0 spiro atoms. The van der Waals surface area contributed by atoms with E-state index < -0.39 is 0 Å². The minimum absolute atomic E-state index is 0.236. The van der Waals surface area contributed by atoms with E-state index in [1.807, 2.05) is 4.90 Å². The van der Waals surface area contributed by atoms with E-state index in [1.165, 1.54) is 11.1 Å². The van der Waals surface area contributed by atoms with Crippen LogP contribution in [0.3, 0.4) is 0 Å². The number of aryl methyl sites for hydroxylation is 2. The molecule has 4 nitrogen and oxygen atoms in total. The molecule has 2 heterocycles. The van der Waals surface area contributed by atoms with Crippen LogP contribution >= 0.6 is 0 Å². The van der Waals surface area contributed by atoms with E-state index in [1.54, 1.807) is 0 Å². The Hall–Kier alpha value is -2.62. The summed E-state index contributed by atoms with van der Waals surface area (Å²) in [6.07, 6.45) is 5.17. The first-order valence-corrected chi connectivity index (χ1v) is 9.90. The van der Waals surface area contributed by atoms with Crippen molar-refractivity contribution in [1.29, 1.82) is 0 Å². The maximum absolute atomic E-state index is 12.8. The molecule has 140 valence electrons. The predicted molar refractivity (Wildman–Crippen MR) is 109 cm³/mol. The molecule has 2 aromatic heterocycles. The first-order chi connectivity index (χ1) is 13.1. The topological polar surface area (TPSA) is 37.6 Å². The Balaban J connectivity index is 1.80. The third-order valence-electron chi connectivity index (χ3n) is 5.26. The van der Waals surface area contributed by atoms with Gasteiger partial charge in [0, 0.05) is 24.2 Å². The minimum Gasteiger partial charge on any atom is -0.337 e. The number of benzene rings is 1. The van der Waals surface area contributed by atoms with Crippen LogP contribution in [0.25, 0.3) is 16.9 Å². The summed E-state index contributed by atoms with van der Waals surface area (Å²) in [7, 11) is 0. The van der Waals surface area contributed by atoms with Gasteiger partial charge in [-0.3, -0.25) is 4.79 Å². The third kappa shape index (κ3) is 3.61. The van der Waals surface area contributed by atoms with E-state index >= 15 is 0 Å². The van der Waals surface area contributed by atoms with Gasteiger partial charge in [0.25, 0.3) is 0 Å². The van der Waals surface area contributed by atoms with Crippen molar-refractivity contribution in [2.45, 2.75) is 46.6 Å². The molecular formula is C23H27N3O. The summed E-state index contributed by atoms with van der Waals surface area (Å²) < 4.78 is 2.16. The number of rotatable bonds is 6. The molecule has 0 saturated heterocycles. The van der Waals surface area contributed by atoms with Crippen molar-refractivity contribution in [3.63, 3.8) is 0 Å². The van der Waals surface area contributed by atoms with Crippen LogP contribution in [0.15, 0.2) is 42.6 Å². The highest BCUT2D eigenvalue weighted by Gasteiger charge is 2.33. The molecule has 4 heteroatoms. The van der Waals surface area contributed by atoms with Crippen molar-refractivity contribution in [3.05, 3.63) is 59.4 Å². The molecular weight excluding hydrogens is 334 g/mol. The van der Waals surface area contributed by atoms with Crippen LogP contribution in [0.5, 0.6) is 0 Å². The van der Waals surface area contributed by atoms with Crippen LogP contribution in [0.4, 0.5) is 0 Å². The van der Waals surface area contributed by atoms with Gasteiger partial charge in [-0.1, -0.05) is 42.8 Å². The van der Waals surface area contributed by atoms with Gasteiger partial charge in [0.15, 0.2) is 0 Å². The maximum Gasteiger partial charge on any atom is 0.226 e. The highest BCUT2D eigenvalue weighted by Crippen LogP contribution is 2.33. The van der Waals surface area contributed by atoms with Crippen LogP contribution in [0.2, 0.25) is 0 Å². The fourth-order valence-corrected chi connectivity index (χ4v) is 3.60. The van der Waals surface area contributed by atoms with Crippen molar-refractivity contribution in [3.8, 4) is 11.3 Å². The smallest absolute Gasteiger partial charge is 0.226 e. The first-order valence-electron chi connectivity index (χ1n) is 9.90. The van der Waals surface area contributed by atoms with Gasteiger partial charge in [0.1, 0.15) is 5.65 Å². The zero-order valence-electron chi connectivity index (χ0n) is 16.4. The number of carbonyl (C=O) groups excluding carboxylic acids is 1. The molecule has 1 saturated carbocycles. The van der Waals surface area contributed by atoms with Crippen molar-refractivity contribution < 1.29 is 4.79 Å². The molecule has 27 heavy (non-hydrogen) atoms. The lowest BCUT2D eigenvalue weighted by Gasteiger charge is -2.22. The largest absolute Gasteiger partial charge is 0.337 e. The normalized spacial score (nSPS) is 13.9. The molecule has 0 bridgehead atoms. The van der Waals surface area contributed by atoms with Gasteiger partial charge < -0.3 is 9.30 Å². The van der Waals surface area contributed by atoms with Crippen LogP contribution in [0.1, 0.15) is 43.0 Å². The van der Waals surface area contributed by atoms with Gasteiger partial charge in [-0.05, 0) is 44.7 Å². The third-order valence-corrected chi connectivity index (χ3v) is 5.26. The standard InChI is InChI=1S/C23H27N3O/c1-4-13-25(23(27)19-10-11-19)15-20-22(18-8-5-16(2)6-9-18)24-21-12-7-17(3)14-26(20)21/h5-9,12,14,19H,4,10-11,13,15H2,1-3H3. The van der Waals surface area contributed by atoms with Crippen molar-refractivity contribution in [2.75, 3.05) is 6.54 Å². The SMILES string of the molecule is CCCN(Cc1c(-c2ccc(C)cc2)nc2ccc(C)cn12)C(=O)C1CC1. The number of carbonyl (C=O) groups is 1. The number of fused-ring (bicyclic) bond motifs is 1. The van der Waals surface area contributed by atoms with Crippen LogP contribution in [-0.2, 0) is 11.3 Å². The molecule has 1 aliphatic rings. The Morgan fingerprint density at radius 1 is 1.11 bits per heavy atom. The molecule has 0 atom stereocenters. The second-order valence-corrected chi connectivity index (χ2v) is 7.74. The Morgan fingerprint density at radius 2 is 1.81 bits per heavy atom. The summed E-state index contributed by atoms with van der Waals surface area (Å²) in [5, 5.41) is 0. The average molecular weight is 361 g/mol. The van der Waals surface area contributed by atoms with Gasteiger partial charge >= 0.3 is 0 Å². The molecule has 4 rings (SSSR count). The van der Waals surface area contributed by atoms with E-state index in [4.69, 9.17) is 4.98 Å². The zero-order valence-corrected chi connectivity index (χ0v) is 16.4. The quantitative estimate of drug-likeness (QED) is 0.634. The fourth-order valence-electron chi connectivity index (χ4n) is 3.60. The number of nitrogens with zero attached hydrogens (tertiary/aromatic N) is 3. The first kappa shape index (κ1) is 17.8. The van der Waals surface area contributed by atoms with E-state index in [0.717, 1.165) is 48.4 Å². The van der Waals surface area contributed by atoms with Gasteiger partial charge in [0.05, 0.1) is 17.9 Å². The second-order valence-electron chi connectivity index (χ2n) is 7.74. The fraction of sp³-hybridized carbons (Fsp3) is 0.391. The Kier molecular flexibility index (Phi) is 4.73.